The topological polar surface area (TPSA) is 0 Å². The van der Waals surface area contributed by atoms with Gasteiger partial charge in [-0.3, -0.25) is 0 Å². The molecule has 0 aliphatic carbocycles. The molecule has 0 heteroatoms. The minimum Gasteiger partial charge on any atom is -0.0990 e. The summed E-state index contributed by atoms with van der Waals surface area (Å²) in [6, 6.07) is 8.55. The molecule has 0 saturated carbocycles. The molecule has 0 aliphatic rings. The van der Waals surface area contributed by atoms with E-state index in [-0.39, 0.29) is 0 Å². The van der Waals surface area contributed by atoms with Gasteiger partial charge < -0.3 is 0 Å². The van der Waals surface area contributed by atoms with Gasteiger partial charge >= 0.3 is 0 Å². The summed E-state index contributed by atoms with van der Waals surface area (Å²) in [6.07, 6.45) is 5.63. The van der Waals surface area contributed by atoms with Gasteiger partial charge in [-0.05, 0) is 22.6 Å². The van der Waals surface area contributed by atoms with Crippen LogP contribution in [0.4, 0.5) is 0 Å². The molecule has 0 amide bonds. The molecule has 0 radical (unpaired) electrons. The van der Waals surface area contributed by atoms with Gasteiger partial charge in [0.05, 0.1) is 0 Å². The molecular formula is C15H18. The molecule has 78 valence electrons. The van der Waals surface area contributed by atoms with Crippen molar-refractivity contribution in [3.8, 4) is 0 Å². The number of benzene rings is 1. The third-order valence-electron chi connectivity index (χ3n) is 2.40. The van der Waals surface area contributed by atoms with E-state index in [1.807, 2.05) is 12.2 Å². The SMILES string of the molecule is C=C/C=C(\C=C)c1cccc(C(C)C)c1. The molecule has 0 fully saturated rings. The van der Waals surface area contributed by atoms with Crippen molar-refractivity contribution in [2.45, 2.75) is 19.8 Å². The van der Waals surface area contributed by atoms with Gasteiger partial charge in [-0.25, -0.2) is 0 Å². The van der Waals surface area contributed by atoms with Gasteiger partial charge in [-0.15, -0.1) is 0 Å². The third-order valence-corrected chi connectivity index (χ3v) is 2.40. The fraction of sp³-hybridized carbons (Fsp3) is 0.200. The smallest absolute Gasteiger partial charge is 0.0181 e. The number of hydrogen-bond donors (Lipinski definition) is 0. The molecule has 0 bridgehead atoms. The van der Waals surface area contributed by atoms with Crippen molar-refractivity contribution in [2.24, 2.45) is 0 Å². The lowest BCUT2D eigenvalue weighted by atomic mass is 9.97. The fourth-order valence-corrected chi connectivity index (χ4v) is 1.49. The van der Waals surface area contributed by atoms with Gasteiger partial charge in [0.1, 0.15) is 0 Å². The van der Waals surface area contributed by atoms with E-state index in [9.17, 15) is 0 Å². The zero-order chi connectivity index (χ0) is 11.3. The van der Waals surface area contributed by atoms with Crippen LogP contribution in [0.2, 0.25) is 0 Å². The second-order valence-corrected chi connectivity index (χ2v) is 3.84. The van der Waals surface area contributed by atoms with Crippen molar-refractivity contribution in [3.63, 3.8) is 0 Å². The molecule has 15 heavy (non-hydrogen) atoms. The average Bonchev–Trinajstić information content (AvgIpc) is 2.26. The largest absolute Gasteiger partial charge is 0.0990 e. The van der Waals surface area contributed by atoms with Crippen LogP contribution in [-0.2, 0) is 0 Å². The van der Waals surface area contributed by atoms with E-state index in [0.29, 0.717) is 5.92 Å². The Labute approximate surface area is 92.6 Å². The Morgan fingerprint density at radius 2 is 2.00 bits per heavy atom. The van der Waals surface area contributed by atoms with Crippen LogP contribution in [0, 0.1) is 0 Å². The first-order valence-electron chi connectivity index (χ1n) is 5.24. The van der Waals surface area contributed by atoms with Crippen LogP contribution in [0.25, 0.3) is 5.57 Å². The van der Waals surface area contributed by atoms with E-state index < -0.39 is 0 Å². The number of hydrogen-bond acceptors (Lipinski definition) is 0. The first kappa shape index (κ1) is 11.5. The van der Waals surface area contributed by atoms with Crippen LogP contribution in [0.15, 0.2) is 55.7 Å². The van der Waals surface area contributed by atoms with Gasteiger partial charge in [0, 0.05) is 0 Å². The van der Waals surface area contributed by atoms with Crippen molar-refractivity contribution in [1.29, 1.82) is 0 Å². The van der Waals surface area contributed by atoms with Crippen LogP contribution >= 0.6 is 0 Å². The summed E-state index contributed by atoms with van der Waals surface area (Å²) in [5.41, 5.74) is 3.67. The monoisotopic (exact) mass is 198 g/mol. The lowest BCUT2D eigenvalue weighted by molar-refractivity contribution is 0.866. The standard InChI is InChI=1S/C15H18/c1-5-8-13(6-2)15-10-7-9-14(11-15)12(3)4/h5-12H,1-2H2,3-4H3/b13-8+. The maximum absolute atomic E-state index is 3.81. The van der Waals surface area contributed by atoms with Crippen molar-refractivity contribution >= 4 is 5.57 Å². The van der Waals surface area contributed by atoms with Crippen LogP contribution < -0.4 is 0 Å². The van der Waals surface area contributed by atoms with E-state index in [2.05, 4.69) is 51.3 Å². The maximum atomic E-state index is 3.81. The molecule has 1 aromatic rings. The highest BCUT2D eigenvalue weighted by Gasteiger charge is 2.01. The van der Waals surface area contributed by atoms with Gasteiger partial charge in [0.15, 0.2) is 0 Å². The molecule has 0 atom stereocenters. The van der Waals surface area contributed by atoms with E-state index in [4.69, 9.17) is 0 Å². The van der Waals surface area contributed by atoms with Crippen LogP contribution in [0.3, 0.4) is 0 Å². The summed E-state index contributed by atoms with van der Waals surface area (Å²) >= 11 is 0. The highest BCUT2D eigenvalue weighted by atomic mass is 14.1. The minimum atomic E-state index is 0.555. The molecule has 0 aliphatic heterocycles. The molecule has 0 unspecified atom stereocenters. The second-order valence-electron chi connectivity index (χ2n) is 3.84. The zero-order valence-electron chi connectivity index (χ0n) is 9.53. The first-order valence-corrected chi connectivity index (χ1v) is 5.24. The molecule has 0 nitrogen and oxygen atoms in total. The second kappa shape index (κ2) is 5.35. The Balaban J connectivity index is 3.14. The van der Waals surface area contributed by atoms with Gasteiger partial charge in [-0.1, -0.05) is 69.5 Å². The zero-order valence-corrected chi connectivity index (χ0v) is 9.53. The van der Waals surface area contributed by atoms with Crippen LogP contribution in [-0.4, -0.2) is 0 Å². The van der Waals surface area contributed by atoms with Crippen molar-refractivity contribution in [3.05, 3.63) is 66.8 Å². The van der Waals surface area contributed by atoms with E-state index in [1.165, 1.54) is 11.1 Å². The lowest BCUT2D eigenvalue weighted by Gasteiger charge is -2.08. The van der Waals surface area contributed by atoms with E-state index in [0.717, 1.165) is 5.57 Å². The Morgan fingerprint density at radius 1 is 1.27 bits per heavy atom. The van der Waals surface area contributed by atoms with Gasteiger partial charge in [0.2, 0.25) is 0 Å². The first-order chi connectivity index (χ1) is 7.19. The van der Waals surface area contributed by atoms with E-state index in [1.54, 1.807) is 6.08 Å². The average molecular weight is 198 g/mol. The number of rotatable bonds is 4. The van der Waals surface area contributed by atoms with Crippen molar-refractivity contribution < 1.29 is 0 Å². The predicted octanol–water partition coefficient (Wildman–Crippen LogP) is 4.57. The van der Waals surface area contributed by atoms with Gasteiger partial charge in [0.25, 0.3) is 0 Å². The third kappa shape index (κ3) is 2.95. The predicted molar refractivity (Wildman–Crippen MR) is 68.9 cm³/mol. The molecule has 0 aromatic heterocycles. The molecule has 0 saturated heterocycles. The Bertz CT molecular complexity index is 381. The maximum Gasteiger partial charge on any atom is -0.0181 e. The molecular weight excluding hydrogens is 180 g/mol. The minimum absolute atomic E-state index is 0.555. The van der Waals surface area contributed by atoms with E-state index >= 15 is 0 Å². The summed E-state index contributed by atoms with van der Waals surface area (Å²) in [5, 5.41) is 0. The summed E-state index contributed by atoms with van der Waals surface area (Å²) in [4.78, 5) is 0. The van der Waals surface area contributed by atoms with Crippen LogP contribution in [0.1, 0.15) is 30.9 Å². The quantitative estimate of drug-likeness (QED) is 0.622. The summed E-state index contributed by atoms with van der Waals surface area (Å²) in [7, 11) is 0. The normalized spacial score (nSPS) is 11.5. The Kier molecular flexibility index (Phi) is 4.11. The number of allylic oxidation sites excluding steroid dienone is 4. The highest BCUT2D eigenvalue weighted by Crippen LogP contribution is 2.21. The molecule has 0 spiro atoms. The molecule has 0 N–H and O–H groups in total. The summed E-state index contributed by atoms with van der Waals surface area (Å²) in [6.45, 7) is 11.9. The fourth-order valence-electron chi connectivity index (χ4n) is 1.49. The lowest BCUT2D eigenvalue weighted by Crippen LogP contribution is -1.89. The van der Waals surface area contributed by atoms with Crippen LogP contribution in [0.5, 0.6) is 0 Å². The molecule has 1 rings (SSSR count). The summed E-state index contributed by atoms with van der Waals surface area (Å²) in [5.74, 6) is 0.555. The summed E-state index contributed by atoms with van der Waals surface area (Å²) < 4.78 is 0. The Hall–Kier alpha value is -1.56. The highest BCUT2D eigenvalue weighted by molar-refractivity contribution is 5.74. The van der Waals surface area contributed by atoms with Gasteiger partial charge in [-0.2, -0.15) is 0 Å². The van der Waals surface area contributed by atoms with Crippen molar-refractivity contribution in [1.82, 2.24) is 0 Å². The Morgan fingerprint density at radius 3 is 2.53 bits per heavy atom. The molecule has 0 heterocycles. The van der Waals surface area contributed by atoms with Crippen molar-refractivity contribution in [2.75, 3.05) is 0 Å². The molecule has 1 aromatic carbocycles.